The van der Waals surface area contributed by atoms with Gasteiger partial charge in [0.05, 0.1) is 6.26 Å². The van der Waals surface area contributed by atoms with Crippen LogP contribution in [0.25, 0.3) is 0 Å². The summed E-state index contributed by atoms with van der Waals surface area (Å²) in [7, 11) is -2.98. The highest BCUT2D eigenvalue weighted by Gasteiger charge is 2.42. The van der Waals surface area contributed by atoms with Gasteiger partial charge in [0.15, 0.2) is 0 Å². The Morgan fingerprint density at radius 3 is 2.10 bits per heavy atom. The molecular formula is C6H13NO2S. The molecule has 0 saturated heterocycles. The Bertz CT molecular complexity index is 216. The number of hydrogen-bond donors (Lipinski definition) is 1. The zero-order valence-electron chi connectivity index (χ0n) is 6.35. The quantitative estimate of drug-likeness (QED) is 0.657. The van der Waals surface area contributed by atoms with Crippen LogP contribution in [0.1, 0.15) is 26.2 Å². The Morgan fingerprint density at radius 1 is 1.50 bits per heavy atom. The minimum atomic E-state index is -2.98. The average Bonchev–Trinajstić information content (AvgIpc) is 2.45. The third-order valence-electron chi connectivity index (χ3n) is 1.93. The summed E-state index contributed by atoms with van der Waals surface area (Å²) in [6.45, 7) is 2.01. The molecule has 0 atom stereocenters. The van der Waals surface area contributed by atoms with E-state index in [1.165, 1.54) is 6.26 Å². The van der Waals surface area contributed by atoms with E-state index in [-0.39, 0.29) is 5.54 Å². The largest absolute Gasteiger partial charge is 0.213 e. The van der Waals surface area contributed by atoms with Crippen molar-refractivity contribution in [1.29, 1.82) is 0 Å². The van der Waals surface area contributed by atoms with Gasteiger partial charge in [-0.05, 0) is 19.3 Å². The summed E-state index contributed by atoms with van der Waals surface area (Å²) in [6, 6.07) is 0. The lowest BCUT2D eigenvalue weighted by atomic mass is 10.2. The highest BCUT2D eigenvalue weighted by molar-refractivity contribution is 7.88. The number of rotatable bonds is 3. The molecule has 0 unspecified atom stereocenters. The second-order valence-electron chi connectivity index (χ2n) is 3.01. The van der Waals surface area contributed by atoms with E-state index in [0.717, 1.165) is 19.3 Å². The molecule has 0 aromatic carbocycles. The summed E-state index contributed by atoms with van der Waals surface area (Å²) < 4.78 is 24.1. The van der Waals surface area contributed by atoms with Gasteiger partial charge in [0.2, 0.25) is 10.0 Å². The summed E-state index contributed by atoms with van der Waals surface area (Å²) in [6.07, 6.45) is 4.11. The predicted octanol–water partition coefficient (Wildman–Crippen LogP) is 0.478. The zero-order chi connectivity index (χ0) is 7.83. The van der Waals surface area contributed by atoms with Crippen molar-refractivity contribution >= 4 is 10.0 Å². The van der Waals surface area contributed by atoms with Crippen LogP contribution in [0.3, 0.4) is 0 Å². The Kier molecular flexibility index (Phi) is 1.76. The van der Waals surface area contributed by atoms with Gasteiger partial charge in [0.1, 0.15) is 0 Å². The third kappa shape index (κ3) is 1.95. The maximum absolute atomic E-state index is 10.7. The fraction of sp³-hybridized carbons (Fsp3) is 1.00. The topological polar surface area (TPSA) is 46.2 Å². The van der Waals surface area contributed by atoms with E-state index in [9.17, 15) is 8.42 Å². The molecule has 0 heterocycles. The smallest absolute Gasteiger partial charge is 0.209 e. The molecule has 4 heteroatoms. The summed E-state index contributed by atoms with van der Waals surface area (Å²) >= 11 is 0. The van der Waals surface area contributed by atoms with Gasteiger partial charge in [0.25, 0.3) is 0 Å². The lowest BCUT2D eigenvalue weighted by Gasteiger charge is -2.11. The van der Waals surface area contributed by atoms with Crippen LogP contribution >= 0.6 is 0 Å². The van der Waals surface area contributed by atoms with Crippen molar-refractivity contribution in [3.8, 4) is 0 Å². The first-order valence-corrected chi connectivity index (χ1v) is 5.35. The van der Waals surface area contributed by atoms with Gasteiger partial charge in [-0.15, -0.1) is 0 Å². The fourth-order valence-electron chi connectivity index (χ4n) is 1.07. The molecule has 0 aromatic heterocycles. The van der Waals surface area contributed by atoms with E-state index in [2.05, 4.69) is 4.72 Å². The van der Waals surface area contributed by atoms with E-state index in [1.807, 2.05) is 6.92 Å². The van der Waals surface area contributed by atoms with E-state index >= 15 is 0 Å². The Balaban J connectivity index is 2.54. The van der Waals surface area contributed by atoms with Crippen molar-refractivity contribution in [2.45, 2.75) is 31.7 Å². The third-order valence-corrected chi connectivity index (χ3v) is 2.74. The molecule has 0 bridgehead atoms. The molecule has 0 aromatic rings. The number of sulfonamides is 1. The van der Waals surface area contributed by atoms with Gasteiger partial charge in [-0.2, -0.15) is 0 Å². The first kappa shape index (κ1) is 8.01. The van der Waals surface area contributed by atoms with E-state index in [4.69, 9.17) is 0 Å². The first-order chi connectivity index (χ1) is 4.47. The highest BCUT2D eigenvalue weighted by Crippen LogP contribution is 2.38. The Morgan fingerprint density at radius 2 is 2.00 bits per heavy atom. The molecule has 3 nitrogen and oxygen atoms in total. The monoisotopic (exact) mass is 163 g/mol. The molecule has 0 spiro atoms. The maximum atomic E-state index is 10.7. The fourth-order valence-corrected chi connectivity index (χ4v) is 2.21. The molecule has 1 aliphatic carbocycles. The Hall–Kier alpha value is -0.0900. The summed E-state index contributed by atoms with van der Waals surface area (Å²) in [5.74, 6) is 0. The van der Waals surface area contributed by atoms with Crippen molar-refractivity contribution < 1.29 is 8.42 Å². The molecule has 0 amide bonds. The van der Waals surface area contributed by atoms with Crippen LogP contribution in [0.2, 0.25) is 0 Å². The second-order valence-corrected chi connectivity index (χ2v) is 4.76. The van der Waals surface area contributed by atoms with Crippen molar-refractivity contribution in [3.63, 3.8) is 0 Å². The molecule has 1 aliphatic rings. The lowest BCUT2D eigenvalue weighted by Crippen LogP contribution is -2.35. The van der Waals surface area contributed by atoms with Gasteiger partial charge in [-0.1, -0.05) is 6.92 Å². The number of nitrogens with one attached hydrogen (secondary N) is 1. The predicted molar refractivity (Wildman–Crippen MR) is 40.2 cm³/mol. The van der Waals surface area contributed by atoms with Gasteiger partial charge in [0, 0.05) is 5.54 Å². The van der Waals surface area contributed by atoms with Crippen molar-refractivity contribution in [2.24, 2.45) is 0 Å². The standard InChI is InChI=1S/C6H13NO2S/c1-3-6(4-5-6)7-10(2,8)9/h7H,3-5H2,1-2H3. The molecule has 60 valence electrons. The second kappa shape index (κ2) is 2.20. The zero-order valence-corrected chi connectivity index (χ0v) is 7.16. The molecule has 1 saturated carbocycles. The molecule has 10 heavy (non-hydrogen) atoms. The minimum absolute atomic E-state index is 0.0619. The summed E-state index contributed by atoms with van der Waals surface area (Å²) in [5, 5.41) is 0. The Labute approximate surface area is 61.9 Å². The van der Waals surface area contributed by atoms with Crippen LogP contribution in [0.4, 0.5) is 0 Å². The molecule has 1 N–H and O–H groups in total. The van der Waals surface area contributed by atoms with Gasteiger partial charge >= 0.3 is 0 Å². The SMILES string of the molecule is CCC1(NS(C)(=O)=O)CC1. The van der Waals surface area contributed by atoms with Crippen LogP contribution < -0.4 is 4.72 Å². The van der Waals surface area contributed by atoms with Crippen LogP contribution in [-0.2, 0) is 10.0 Å². The van der Waals surface area contributed by atoms with Crippen molar-refractivity contribution in [3.05, 3.63) is 0 Å². The van der Waals surface area contributed by atoms with Crippen LogP contribution in [0, 0.1) is 0 Å². The van der Waals surface area contributed by atoms with E-state index < -0.39 is 10.0 Å². The van der Waals surface area contributed by atoms with E-state index in [1.54, 1.807) is 0 Å². The van der Waals surface area contributed by atoms with Crippen molar-refractivity contribution in [1.82, 2.24) is 4.72 Å². The minimum Gasteiger partial charge on any atom is -0.213 e. The van der Waals surface area contributed by atoms with Crippen LogP contribution in [0.5, 0.6) is 0 Å². The lowest BCUT2D eigenvalue weighted by molar-refractivity contribution is 0.537. The normalized spacial score (nSPS) is 22.6. The van der Waals surface area contributed by atoms with Gasteiger partial charge < -0.3 is 0 Å². The molecular weight excluding hydrogens is 150 g/mol. The molecule has 0 aliphatic heterocycles. The molecule has 1 rings (SSSR count). The number of hydrogen-bond acceptors (Lipinski definition) is 2. The maximum Gasteiger partial charge on any atom is 0.209 e. The average molecular weight is 163 g/mol. The molecule has 0 radical (unpaired) electrons. The van der Waals surface area contributed by atoms with Gasteiger partial charge in [-0.25, -0.2) is 13.1 Å². The van der Waals surface area contributed by atoms with Crippen LogP contribution in [0.15, 0.2) is 0 Å². The first-order valence-electron chi connectivity index (χ1n) is 3.46. The summed E-state index contributed by atoms with van der Waals surface area (Å²) in [4.78, 5) is 0. The highest BCUT2D eigenvalue weighted by atomic mass is 32.2. The van der Waals surface area contributed by atoms with E-state index in [0.29, 0.717) is 0 Å². The molecule has 1 fully saturated rings. The van der Waals surface area contributed by atoms with Crippen molar-refractivity contribution in [2.75, 3.05) is 6.26 Å². The van der Waals surface area contributed by atoms with Gasteiger partial charge in [-0.3, -0.25) is 0 Å². The summed E-state index contributed by atoms with van der Waals surface area (Å²) in [5.41, 5.74) is -0.0619. The van der Waals surface area contributed by atoms with Crippen LogP contribution in [-0.4, -0.2) is 20.2 Å².